The molecule has 1 heterocycles. The zero-order chi connectivity index (χ0) is 13.8. The number of nitrogens with two attached hydrogens (primary N) is 1. The molecule has 0 bridgehead atoms. The number of benzene rings is 1. The Balaban J connectivity index is 1.97. The maximum Gasteiger partial charge on any atom is 0.253 e. The van der Waals surface area contributed by atoms with Crippen molar-refractivity contribution in [1.82, 2.24) is 10.2 Å². The highest BCUT2D eigenvalue weighted by molar-refractivity contribution is 5.27. The summed E-state index contributed by atoms with van der Waals surface area (Å²) in [6.07, 6.45) is 0. The van der Waals surface area contributed by atoms with Crippen molar-refractivity contribution >= 4 is 0 Å². The van der Waals surface area contributed by atoms with Crippen LogP contribution in [0.3, 0.4) is 0 Å². The van der Waals surface area contributed by atoms with Crippen LogP contribution in [0.1, 0.15) is 37.2 Å². The highest BCUT2D eigenvalue weighted by Crippen LogP contribution is 2.18. The van der Waals surface area contributed by atoms with Crippen LogP contribution in [-0.2, 0) is 6.61 Å². The van der Waals surface area contributed by atoms with Gasteiger partial charge < -0.3 is 14.9 Å². The lowest BCUT2D eigenvalue weighted by Crippen LogP contribution is -2.16. The Hall–Kier alpha value is -1.88. The molecule has 0 aliphatic rings. The Morgan fingerprint density at radius 2 is 2.11 bits per heavy atom. The van der Waals surface area contributed by atoms with Gasteiger partial charge in [-0.2, -0.15) is 0 Å². The van der Waals surface area contributed by atoms with E-state index in [0.717, 1.165) is 11.3 Å². The van der Waals surface area contributed by atoms with Gasteiger partial charge >= 0.3 is 0 Å². The summed E-state index contributed by atoms with van der Waals surface area (Å²) in [7, 11) is 0. The lowest BCUT2D eigenvalue weighted by molar-refractivity contribution is 0.253. The summed E-state index contributed by atoms with van der Waals surface area (Å²) in [5.41, 5.74) is 7.09. The van der Waals surface area contributed by atoms with Crippen molar-refractivity contribution in [3.8, 4) is 5.75 Å². The van der Waals surface area contributed by atoms with Crippen molar-refractivity contribution in [3.05, 3.63) is 41.6 Å². The molecule has 0 aliphatic heterocycles. The van der Waals surface area contributed by atoms with Crippen LogP contribution in [0.2, 0.25) is 0 Å². The van der Waals surface area contributed by atoms with Crippen LogP contribution in [0.5, 0.6) is 5.75 Å². The van der Waals surface area contributed by atoms with Crippen LogP contribution in [0, 0.1) is 12.8 Å². The van der Waals surface area contributed by atoms with Crippen LogP contribution in [-0.4, -0.2) is 10.2 Å². The average molecular weight is 261 g/mol. The third-order valence-corrected chi connectivity index (χ3v) is 2.84. The first-order valence-electron chi connectivity index (χ1n) is 6.33. The fourth-order valence-electron chi connectivity index (χ4n) is 1.59. The first-order valence-corrected chi connectivity index (χ1v) is 6.33. The van der Waals surface area contributed by atoms with Crippen LogP contribution < -0.4 is 10.5 Å². The Kier molecular flexibility index (Phi) is 4.16. The lowest BCUT2D eigenvalue weighted by Gasteiger charge is -2.09. The molecule has 0 saturated carbocycles. The summed E-state index contributed by atoms with van der Waals surface area (Å²) in [5.74, 6) is 1.93. The van der Waals surface area contributed by atoms with E-state index in [1.165, 1.54) is 0 Å². The van der Waals surface area contributed by atoms with E-state index in [4.69, 9.17) is 14.9 Å². The van der Waals surface area contributed by atoms with Crippen LogP contribution in [0.25, 0.3) is 0 Å². The number of hydrogen-bond acceptors (Lipinski definition) is 5. The van der Waals surface area contributed by atoms with Crippen molar-refractivity contribution in [2.75, 3.05) is 0 Å². The number of rotatable bonds is 5. The zero-order valence-corrected chi connectivity index (χ0v) is 11.5. The topological polar surface area (TPSA) is 74.2 Å². The molecule has 0 fully saturated rings. The number of ether oxygens (including phenoxy) is 1. The van der Waals surface area contributed by atoms with Gasteiger partial charge in [0.1, 0.15) is 5.75 Å². The van der Waals surface area contributed by atoms with E-state index in [2.05, 4.69) is 10.2 Å². The Morgan fingerprint density at radius 1 is 1.32 bits per heavy atom. The first kappa shape index (κ1) is 13.5. The van der Waals surface area contributed by atoms with Crippen molar-refractivity contribution in [3.63, 3.8) is 0 Å². The predicted molar refractivity (Wildman–Crippen MR) is 71.6 cm³/mol. The summed E-state index contributed by atoms with van der Waals surface area (Å²) < 4.78 is 11.1. The highest BCUT2D eigenvalue weighted by atomic mass is 16.5. The molecule has 5 heteroatoms. The molecule has 2 N–H and O–H groups in total. The highest BCUT2D eigenvalue weighted by Gasteiger charge is 2.17. The number of hydrogen-bond donors (Lipinski definition) is 1. The van der Waals surface area contributed by atoms with Crippen molar-refractivity contribution in [1.29, 1.82) is 0 Å². The van der Waals surface area contributed by atoms with Gasteiger partial charge in [0.2, 0.25) is 5.89 Å². The van der Waals surface area contributed by atoms with E-state index in [9.17, 15) is 0 Å². The predicted octanol–water partition coefficient (Wildman–Crippen LogP) is 2.61. The van der Waals surface area contributed by atoms with Crippen molar-refractivity contribution < 1.29 is 9.15 Å². The van der Waals surface area contributed by atoms with E-state index < -0.39 is 0 Å². The molecular formula is C14H19N3O2. The average Bonchev–Trinajstić information content (AvgIpc) is 2.84. The fourth-order valence-corrected chi connectivity index (χ4v) is 1.59. The van der Waals surface area contributed by atoms with Gasteiger partial charge in [-0.1, -0.05) is 26.0 Å². The monoisotopic (exact) mass is 261 g/mol. The first-order chi connectivity index (χ1) is 9.06. The SMILES string of the molecule is Cc1cccc(OCc2nnc(C(N)C(C)C)o2)c1. The standard InChI is InChI=1S/C14H19N3O2/c1-9(2)13(15)14-17-16-12(19-14)8-18-11-6-4-5-10(3)7-11/h4-7,9,13H,8,15H2,1-3H3. The maximum absolute atomic E-state index is 5.94. The van der Waals surface area contributed by atoms with E-state index in [0.29, 0.717) is 11.8 Å². The summed E-state index contributed by atoms with van der Waals surface area (Å²) in [6.45, 7) is 6.29. The minimum Gasteiger partial charge on any atom is -0.484 e. The number of aromatic nitrogens is 2. The normalized spacial score (nSPS) is 12.7. The number of aryl methyl sites for hydroxylation is 1. The molecule has 0 spiro atoms. The third-order valence-electron chi connectivity index (χ3n) is 2.84. The summed E-state index contributed by atoms with van der Waals surface area (Å²) in [6, 6.07) is 7.57. The van der Waals surface area contributed by atoms with Crippen LogP contribution >= 0.6 is 0 Å². The second-order valence-corrected chi connectivity index (χ2v) is 4.91. The Morgan fingerprint density at radius 3 is 2.79 bits per heavy atom. The molecular weight excluding hydrogens is 242 g/mol. The van der Waals surface area contributed by atoms with Gasteiger partial charge in [0.05, 0.1) is 6.04 Å². The van der Waals surface area contributed by atoms with Gasteiger partial charge in [0.25, 0.3) is 5.89 Å². The molecule has 1 atom stereocenters. The van der Waals surface area contributed by atoms with Gasteiger partial charge in [0.15, 0.2) is 6.61 Å². The summed E-state index contributed by atoms with van der Waals surface area (Å²) in [4.78, 5) is 0. The summed E-state index contributed by atoms with van der Waals surface area (Å²) >= 11 is 0. The smallest absolute Gasteiger partial charge is 0.253 e. The Bertz CT molecular complexity index is 537. The molecule has 0 radical (unpaired) electrons. The van der Waals surface area contributed by atoms with Gasteiger partial charge in [-0.3, -0.25) is 0 Å². The molecule has 0 aliphatic carbocycles. The molecule has 19 heavy (non-hydrogen) atoms. The molecule has 1 aromatic carbocycles. The molecule has 1 unspecified atom stereocenters. The molecule has 5 nitrogen and oxygen atoms in total. The van der Waals surface area contributed by atoms with Crippen LogP contribution in [0.4, 0.5) is 0 Å². The number of nitrogens with zero attached hydrogens (tertiary/aromatic N) is 2. The van der Waals surface area contributed by atoms with E-state index in [-0.39, 0.29) is 18.6 Å². The molecule has 102 valence electrons. The van der Waals surface area contributed by atoms with Crippen LogP contribution in [0.15, 0.2) is 28.7 Å². The fraction of sp³-hybridized carbons (Fsp3) is 0.429. The third kappa shape index (κ3) is 3.54. The van der Waals surface area contributed by atoms with Gasteiger partial charge in [-0.05, 0) is 30.5 Å². The molecule has 0 amide bonds. The summed E-state index contributed by atoms with van der Waals surface area (Å²) in [5, 5.41) is 7.88. The minimum absolute atomic E-state index is 0.236. The van der Waals surface area contributed by atoms with Crippen molar-refractivity contribution in [2.24, 2.45) is 11.7 Å². The molecule has 2 aromatic rings. The van der Waals surface area contributed by atoms with Gasteiger partial charge in [0, 0.05) is 0 Å². The quantitative estimate of drug-likeness (QED) is 0.895. The van der Waals surface area contributed by atoms with Gasteiger partial charge in [-0.15, -0.1) is 10.2 Å². The minimum atomic E-state index is -0.236. The maximum atomic E-state index is 5.94. The van der Waals surface area contributed by atoms with Crippen molar-refractivity contribution in [2.45, 2.75) is 33.4 Å². The van der Waals surface area contributed by atoms with Gasteiger partial charge in [-0.25, -0.2) is 0 Å². The zero-order valence-electron chi connectivity index (χ0n) is 11.5. The largest absolute Gasteiger partial charge is 0.484 e. The van der Waals surface area contributed by atoms with E-state index >= 15 is 0 Å². The van der Waals surface area contributed by atoms with E-state index in [1.807, 2.05) is 45.0 Å². The molecule has 1 aromatic heterocycles. The van der Waals surface area contributed by atoms with E-state index in [1.54, 1.807) is 0 Å². The lowest BCUT2D eigenvalue weighted by atomic mass is 10.1. The second-order valence-electron chi connectivity index (χ2n) is 4.91. The molecule has 2 rings (SSSR count). The molecule has 0 saturated heterocycles. The second kappa shape index (κ2) is 5.84. The Labute approximate surface area is 112 Å².